The van der Waals surface area contributed by atoms with Gasteiger partial charge >= 0.3 is 0 Å². The Hall–Kier alpha value is -1.62. The highest BCUT2D eigenvalue weighted by Crippen LogP contribution is 2.30. The van der Waals surface area contributed by atoms with E-state index in [1.165, 1.54) is 0 Å². The summed E-state index contributed by atoms with van der Waals surface area (Å²) in [7, 11) is 0. The predicted molar refractivity (Wildman–Crippen MR) is 82.4 cm³/mol. The molecule has 4 N–H and O–H groups in total. The minimum atomic E-state index is -0.768. The first-order valence-electron chi connectivity index (χ1n) is 5.67. The summed E-state index contributed by atoms with van der Waals surface area (Å²) in [5, 5.41) is 13.9. The van der Waals surface area contributed by atoms with E-state index in [2.05, 4.69) is 5.32 Å². The van der Waals surface area contributed by atoms with Crippen molar-refractivity contribution in [2.24, 2.45) is 5.73 Å². The summed E-state index contributed by atoms with van der Waals surface area (Å²) in [5.41, 5.74) is 7.54. The van der Waals surface area contributed by atoms with E-state index in [-0.39, 0.29) is 5.11 Å². The lowest BCUT2D eigenvalue weighted by Crippen LogP contribution is -2.20. The van der Waals surface area contributed by atoms with E-state index in [4.69, 9.17) is 29.6 Å². The largest absolute Gasteiger partial charge is 0.384 e. The summed E-state index contributed by atoms with van der Waals surface area (Å²) < 4.78 is 0. The monoisotopic (exact) mass is 292 g/mol. The third kappa shape index (κ3) is 3.44. The Morgan fingerprint density at radius 1 is 1.21 bits per heavy atom. The number of halogens is 1. The molecule has 0 bridgehead atoms. The maximum absolute atomic E-state index is 10.4. The predicted octanol–water partition coefficient (Wildman–Crippen LogP) is 3.08. The highest BCUT2D eigenvalue weighted by molar-refractivity contribution is 7.80. The molecular weight excluding hydrogens is 280 g/mol. The highest BCUT2D eigenvalue weighted by Gasteiger charge is 2.15. The fourth-order valence-electron chi connectivity index (χ4n) is 1.82. The molecular formula is C14H13ClN2OS. The second-order valence-corrected chi connectivity index (χ2v) is 4.91. The number of nitrogens with two attached hydrogens (primary N) is 1. The molecule has 0 aliphatic carbocycles. The van der Waals surface area contributed by atoms with E-state index in [0.29, 0.717) is 16.3 Å². The molecule has 0 aromatic heterocycles. The fourth-order valence-corrected chi connectivity index (χ4v) is 2.10. The molecule has 0 amide bonds. The minimum Gasteiger partial charge on any atom is -0.384 e. The number of rotatable bonds is 3. The zero-order chi connectivity index (χ0) is 13.8. The standard InChI is InChI=1S/C14H13ClN2OS/c15-10-6-7-11(12(8-10)17-14(16)19)13(18)9-4-2-1-3-5-9/h1-8,13,18H,(H3,16,17,19). The van der Waals surface area contributed by atoms with Crippen LogP contribution in [-0.2, 0) is 0 Å². The van der Waals surface area contributed by atoms with Crippen molar-refractivity contribution < 1.29 is 5.11 Å². The van der Waals surface area contributed by atoms with Gasteiger partial charge in [0.15, 0.2) is 5.11 Å². The number of aliphatic hydroxyl groups is 1. The number of benzene rings is 2. The lowest BCUT2D eigenvalue weighted by Gasteiger charge is -2.17. The van der Waals surface area contributed by atoms with Gasteiger partial charge in [0.1, 0.15) is 6.10 Å². The van der Waals surface area contributed by atoms with Gasteiger partial charge in [-0.2, -0.15) is 0 Å². The van der Waals surface area contributed by atoms with Crippen LogP contribution in [-0.4, -0.2) is 10.2 Å². The molecule has 3 nitrogen and oxygen atoms in total. The average molecular weight is 293 g/mol. The average Bonchev–Trinajstić information content (AvgIpc) is 2.38. The van der Waals surface area contributed by atoms with Gasteiger partial charge in [0, 0.05) is 16.3 Å². The van der Waals surface area contributed by atoms with Crippen molar-refractivity contribution in [3.63, 3.8) is 0 Å². The molecule has 0 radical (unpaired) electrons. The lowest BCUT2D eigenvalue weighted by molar-refractivity contribution is 0.221. The van der Waals surface area contributed by atoms with Gasteiger partial charge in [0.05, 0.1) is 0 Å². The topological polar surface area (TPSA) is 58.3 Å². The van der Waals surface area contributed by atoms with Crippen LogP contribution in [0.1, 0.15) is 17.2 Å². The first-order valence-corrected chi connectivity index (χ1v) is 6.45. The first kappa shape index (κ1) is 13.8. The van der Waals surface area contributed by atoms with Crippen LogP contribution in [0.15, 0.2) is 48.5 Å². The molecule has 0 aliphatic rings. The van der Waals surface area contributed by atoms with Crippen LogP contribution in [0.3, 0.4) is 0 Å². The SMILES string of the molecule is NC(=S)Nc1cc(Cl)ccc1C(O)c1ccccc1. The molecule has 1 atom stereocenters. The van der Waals surface area contributed by atoms with Gasteiger partial charge in [-0.05, 0) is 29.9 Å². The van der Waals surface area contributed by atoms with E-state index in [0.717, 1.165) is 5.56 Å². The van der Waals surface area contributed by atoms with Crippen molar-refractivity contribution in [3.05, 3.63) is 64.7 Å². The Morgan fingerprint density at radius 3 is 2.53 bits per heavy atom. The maximum Gasteiger partial charge on any atom is 0.168 e. The van der Waals surface area contributed by atoms with E-state index >= 15 is 0 Å². The number of hydrogen-bond donors (Lipinski definition) is 3. The van der Waals surface area contributed by atoms with Gasteiger partial charge in [-0.3, -0.25) is 0 Å². The summed E-state index contributed by atoms with van der Waals surface area (Å²) in [6.07, 6.45) is -0.768. The molecule has 2 rings (SSSR count). The molecule has 0 spiro atoms. The van der Waals surface area contributed by atoms with Gasteiger partial charge < -0.3 is 16.2 Å². The van der Waals surface area contributed by atoms with Crippen molar-refractivity contribution in [1.82, 2.24) is 0 Å². The Kier molecular flexibility index (Phi) is 4.37. The molecule has 1 unspecified atom stereocenters. The van der Waals surface area contributed by atoms with Crippen molar-refractivity contribution in [2.45, 2.75) is 6.10 Å². The molecule has 0 heterocycles. The molecule has 0 saturated carbocycles. The van der Waals surface area contributed by atoms with E-state index in [1.807, 2.05) is 30.3 Å². The molecule has 19 heavy (non-hydrogen) atoms. The Labute approximate surface area is 122 Å². The number of hydrogen-bond acceptors (Lipinski definition) is 2. The smallest absolute Gasteiger partial charge is 0.168 e. The third-order valence-electron chi connectivity index (χ3n) is 2.68. The van der Waals surface area contributed by atoms with Crippen LogP contribution >= 0.6 is 23.8 Å². The lowest BCUT2D eigenvalue weighted by atomic mass is 10.00. The summed E-state index contributed by atoms with van der Waals surface area (Å²) in [5.74, 6) is 0. The van der Waals surface area contributed by atoms with Crippen molar-refractivity contribution >= 4 is 34.6 Å². The zero-order valence-corrected chi connectivity index (χ0v) is 11.6. The van der Waals surface area contributed by atoms with Gasteiger partial charge in [-0.1, -0.05) is 48.0 Å². The molecule has 2 aromatic carbocycles. The number of thiocarbonyl (C=S) groups is 1. The molecule has 0 fully saturated rings. The summed E-state index contributed by atoms with van der Waals surface area (Å²) >= 11 is 10.8. The van der Waals surface area contributed by atoms with Crippen molar-refractivity contribution in [3.8, 4) is 0 Å². The van der Waals surface area contributed by atoms with Gasteiger partial charge in [-0.25, -0.2) is 0 Å². The van der Waals surface area contributed by atoms with Crippen molar-refractivity contribution in [2.75, 3.05) is 5.32 Å². The Balaban J connectivity index is 2.41. The molecule has 0 aliphatic heterocycles. The summed E-state index contributed by atoms with van der Waals surface area (Å²) in [4.78, 5) is 0. The first-order chi connectivity index (χ1) is 9.08. The fraction of sp³-hybridized carbons (Fsp3) is 0.0714. The highest BCUT2D eigenvalue weighted by atomic mass is 35.5. The van der Waals surface area contributed by atoms with Gasteiger partial charge in [0.25, 0.3) is 0 Å². The quantitative estimate of drug-likeness (QED) is 0.761. The maximum atomic E-state index is 10.4. The number of anilines is 1. The Bertz CT molecular complexity index is 589. The van der Waals surface area contributed by atoms with Crippen molar-refractivity contribution in [1.29, 1.82) is 0 Å². The minimum absolute atomic E-state index is 0.128. The van der Waals surface area contributed by atoms with E-state index < -0.39 is 6.10 Å². The number of aliphatic hydroxyl groups excluding tert-OH is 1. The Morgan fingerprint density at radius 2 is 1.89 bits per heavy atom. The summed E-state index contributed by atoms with van der Waals surface area (Å²) in [6.45, 7) is 0. The second-order valence-electron chi connectivity index (χ2n) is 4.03. The molecule has 98 valence electrons. The number of nitrogens with one attached hydrogen (secondary N) is 1. The van der Waals surface area contributed by atoms with E-state index in [1.54, 1.807) is 18.2 Å². The zero-order valence-electron chi connectivity index (χ0n) is 10.0. The summed E-state index contributed by atoms with van der Waals surface area (Å²) in [6, 6.07) is 14.5. The van der Waals surface area contributed by atoms with Crippen LogP contribution in [0, 0.1) is 0 Å². The van der Waals surface area contributed by atoms with Crippen LogP contribution in [0.25, 0.3) is 0 Å². The van der Waals surface area contributed by atoms with Gasteiger partial charge in [-0.15, -0.1) is 0 Å². The molecule has 2 aromatic rings. The van der Waals surface area contributed by atoms with Crippen LogP contribution in [0.4, 0.5) is 5.69 Å². The van der Waals surface area contributed by atoms with Crippen LogP contribution < -0.4 is 11.1 Å². The van der Waals surface area contributed by atoms with E-state index in [9.17, 15) is 5.11 Å². The molecule has 0 saturated heterocycles. The normalized spacial score (nSPS) is 11.9. The second kappa shape index (κ2) is 6.02. The van der Waals surface area contributed by atoms with Crippen LogP contribution in [0.2, 0.25) is 5.02 Å². The van der Waals surface area contributed by atoms with Crippen LogP contribution in [0.5, 0.6) is 0 Å². The third-order valence-corrected chi connectivity index (χ3v) is 3.02. The van der Waals surface area contributed by atoms with Gasteiger partial charge in [0.2, 0.25) is 0 Å². The molecule has 5 heteroatoms.